The van der Waals surface area contributed by atoms with Crippen molar-refractivity contribution in [2.75, 3.05) is 11.9 Å². The number of benzene rings is 1. The second-order valence-electron chi connectivity index (χ2n) is 4.17. The van der Waals surface area contributed by atoms with Gasteiger partial charge >= 0.3 is 0 Å². The molecule has 18 heavy (non-hydrogen) atoms. The Morgan fingerprint density at radius 2 is 1.72 bits per heavy atom. The van der Waals surface area contributed by atoms with Gasteiger partial charge in [-0.05, 0) is 25.5 Å². The van der Waals surface area contributed by atoms with Gasteiger partial charge in [-0.3, -0.25) is 0 Å². The molecule has 0 spiro atoms. The third-order valence-electron chi connectivity index (χ3n) is 2.47. The number of rotatable bonds is 4. The zero-order valence-electron chi connectivity index (χ0n) is 10.7. The summed E-state index contributed by atoms with van der Waals surface area (Å²) in [5, 5.41) is 3.19. The van der Waals surface area contributed by atoms with Crippen LogP contribution in [0.3, 0.4) is 0 Å². The lowest BCUT2D eigenvalue weighted by atomic mass is 10.2. The molecule has 0 aliphatic heterocycles. The van der Waals surface area contributed by atoms with E-state index in [1.54, 1.807) is 0 Å². The second kappa shape index (κ2) is 5.96. The molecule has 0 saturated carbocycles. The van der Waals surface area contributed by atoms with Crippen LogP contribution in [0.4, 0.5) is 5.95 Å². The molecular weight excluding hydrogens is 222 g/mol. The van der Waals surface area contributed by atoms with Gasteiger partial charge in [-0.15, -0.1) is 0 Å². The van der Waals surface area contributed by atoms with Crippen molar-refractivity contribution in [3.8, 4) is 0 Å². The highest BCUT2D eigenvalue weighted by Gasteiger charge is 1.96. The molecule has 1 heterocycles. The first-order valence-corrected chi connectivity index (χ1v) is 6.02. The van der Waals surface area contributed by atoms with Crippen molar-refractivity contribution in [1.82, 2.24) is 9.97 Å². The monoisotopic (exact) mass is 239 g/mol. The van der Waals surface area contributed by atoms with Gasteiger partial charge in [-0.25, -0.2) is 9.97 Å². The maximum Gasteiger partial charge on any atom is 0.223 e. The first-order valence-electron chi connectivity index (χ1n) is 6.02. The number of anilines is 1. The Bertz CT molecular complexity index is 512. The number of aromatic nitrogens is 2. The summed E-state index contributed by atoms with van der Waals surface area (Å²) >= 11 is 0. The third kappa shape index (κ3) is 3.70. The summed E-state index contributed by atoms with van der Waals surface area (Å²) < 4.78 is 0. The number of aryl methyl sites for hydroxylation is 2. The molecule has 0 amide bonds. The zero-order valence-corrected chi connectivity index (χ0v) is 10.7. The van der Waals surface area contributed by atoms with Crippen LogP contribution in [0, 0.1) is 13.8 Å². The highest BCUT2D eigenvalue weighted by molar-refractivity contribution is 5.49. The topological polar surface area (TPSA) is 37.8 Å². The van der Waals surface area contributed by atoms with Crippen LogP contribution in [-0.4, -0.2) is 16.5 Å². The standard InChI is InChI=1S/C15H17N3/c1-12-11-13(2)18-15(17-12)16-10-6-9-14-7-4-3-5-8-14/h3-9,11H,10H2,1-2H3,(H,16,17,18). The Labute approximate surface area is 108 Å². The molecule has 0 radical (unpaired) electrons. The van der Waals surface area contributed by atoms with E-state index in [2.05, 4.69) is 39.6 Å². The minimum Gasteiger partial charge on any atom is -0.351 e. The van der Waals surface area contributed by atoms with Gasteiger partial charge in [0, 0.05) is 17.9 Å². The molecule has 0 saturated heterocycles. The summed E-state index contributed by atoms with van der Waals surface area (Å²) in [4.78, 5) is 8.64. The molecule has 3 nitrogen and oxygen atoms in total. The molecule has 1 aromatic carbocycles. The van der Waals surface area contributed by atoms with Gasteiger partial charge < -0.3 is 5.32 Å². The van der Waals surface area contributed by atoms with Crippen molar-refractivity contribution < 1.29 is 0 Å². The van der Waals surface area contributed by atoms with Crippen molar-refractivity contribution >= 4 is 12.0 Å². The summed E-state index contributed by atoms with van der Waals surface area (Å²) in [6.07, 6.45) is 4.14. The number of nitrogens with one attached hydrogen (secondary N) is 1. The third-order valence-corrected chi connectivity index (χ3v) is 2.47. The molecule has 2 rings (SSSR count). The van der Waals surface area contributed by atoms with Gasteiger partial charge in [0.2, 0.25) is 5.95 Å². The van der Waals surface area contributed by atoms with E-state index in [9.17, 15) is 0 Å². The van der Waals surface area contributed by atoms with E-state index in [-0.39, 0.29) is 0 Å². The van der Waals surface area contributed by atoms with Crippen LogP contribution in [0.25, 0.3) is 6.08 Å². The van der Waals surface area contributed by atoms with E-state index in [1.165, 1.54) is 5.56 Å². The average Bonchev–Trinajstić information content (AvgIpc) is 2.35. The zero-order chi connectivity index (χ0) is 12.8. The fourth-order valence-corrected chi connectivity index (χ4v) is 1.71. The molecule has 3 heteroatoms. The molecule has 0 fully saturated rings. The van der Waals surface area contributed by atoms with Crippen molar-refractivity contribution in [2.45, 2.75) is 13.8 Å². The van der Waals surface area contributed by atoms with Gasteiger partial charge in [0.15, 0.2) is 0 Å². The van der Waals surface area contributed by atoms with Crippen LogP contribution in [0.15, 0.2) is 42.5 Å². The summed E-state index contributed by atoms with van der Waals surface area (Å²) in [6.45, 7) is 4.66. The highest BCUT2D eigenvalue weighted by Crippen LogP contribution is 2.04. The molecule has 1 N–H and O–H groups in total. The first kappa shape index (κ1) is 12.3. The summed E-state index contributed by atoms with van der Waals surface area (Å²) in [6, 6.07) is 12.2. The van der Waals surface area contributed by atoms with Gasteiger partial charge in [0.05, 0.1) is 0 Å². The SMILES string of the molecule is Cc1cc(C)nc(NCC=Cc2ccccc2)n1. The van der Waals surface area contributed by atoms with Gasteiger partial charge in [0.25, 0.3) is 0 Å². The van der Waals surface area contributed by atoms with Crippen LogP contribution in [0.1, 0.15) is 17.0 Å². The summed E-state index contributed by atoms with van der Waals surface area (Å²) in [7, 11) is 0. The Balaban J connectivity index is 1.90. The van der Waals surface area contributed by atoms with Gasteiger partial charge in [0.1, 0.15) is 0 Å². The van der Waals surface area contributed by atoms with Gasteiger partial charge in [-0.2, -0.15) is 0 Å². The van der Waals surface area contributed by atoms with Crippen molar-refractivity contribution in [1.29, 1.82) is 0 Å². The van der Waals surface area contributed by atoms with E-state index >= 15 is 0 Å². The Kier molecular flexibility index (Phi) is 4.07. The first-order chi connectivity index (χ1) is 8.74. The van der Waals surface area contributed by atoms with Crippen molar-refractivity contribution in [2.24, 2.45) is 0 Å². The minimum absolute atomic E-state index is 0.685. The number of hydrogen-bond acceptors (Lipinski definition) is 3. The molecule has 0 aliphatic carbocycles. The maximum absolute atomic E-state index is 4.32. The van der Waals surface area contributed by atoms with Crippen LogP contribution in [0.2, 0.25) is 0 Å². The lowest BCUT2D eigenvalue weighted by Gasteiger charge is -2.03. The molecule has 92 valence electrons. The maximum atomic E-state index is 4.32. The highest BCUT2D eigenvalue weighted by atomic mass is 15.1. The van der Waals surface area contributed by atoms with E-state index in [1.807, 2.05) is 38.1 Å². The lowest BCUT2D eigenvalue weighted by molar-refractivity contribution is 1.04. The Hall–Kier alpha value is -2.16. The molecule has 0 bridgehead atoms. The molecule has 1 aromatic heterocycles. The van der Waals surface area contributed by atoms with Crippen LogP contribution < -0.4 is 5.32 Å². The fraction of sp³-hybridized carbons (Fsp3) is 0.200. The molecule has 2 aromatic rings. The van der Waals surface area contributed by atoms with E-state index in [0.29, 0.717) is 5.95 Å². The second-order valence-corrected chi connectivity index (χ2v) is 4.17. The van der Waals surface area contributed by atoms with Crippen molar-refractivity contribution in [3.63, 3.8) is 0 Å². The summed E-state index contributed by atoms with van der Waals surface area (Å²) in [5.74, 6) is 0.685. The fourth-order valence-electron chi connectivity index (χ4n) is 1.71. The van der Waals surface area contributed by atoms with Crippen LogP contribution in [-0.2, 0) is 0 Å². The van der Waals surface area contributed by atoms with Crippen molar-refractivity contribution in [3.05, 3.63) is 59.4 Å². The van der Waals surface area contributed by atoms with Gasteiger partial charge in [-0.1, -0.05) is 42.5 Å². The largest absolute Gasteiger partial charge is 0.351 e. The quantitative estimate of drug-likeness (QED) is 0.890. The number of nitrogens with zero attached hydrogens (tertiary/aromatic N) is 2. The molecule has 0 aliphatic rings. The van der Waals surface area contributed by atoms with E-state index in [4.69, 9.17) is 0 Å². The predicted molar refractivity (Wildman–Crippen MR) is 75.5 cm³/mol. The minimum atomic E-state index is 0.685. The predicted octanol–water partition coefficient (Wildman–Crippen LogP) is 3.22. The molecule has 0 atom stereocenters. The molecular formula is C15H17N3. The summed E-state index contributed by atoms with van der Waals surface area (Å²) in [5.41, 5.74) is 3.16. The Morgan fingerprint density at radius 1 is 1.06 bits per heavy atom. The van der Waals surface area contributed by atoms with Crippen LogP contribution in [0.5, 0.6) is 0 Å². The molecule has 0 unspecified atom stereocenters. The normalized spacial score (nSPS) is 10.8. The van der Waals surface area contributed by atoms with Crippen LogP contribution >= 0.6 is 0 Å². The Morgan fingerprint density at radius 3 is 2.39 bits per heavy atom. The van der Waals surface area contributed by atoms with E-state index in [0.717, 1.165) is 17.9 Å². The van der Waals surface area contributed by atoms with E-state index < -0.39 is 0 Å². The lowest BCUT2D eigenvalue weighted by Crippen LogP contribution is -2.04. The average molecular weight is 239 g/mol. The smallest absolute Gasteiger partial charge is 0.223 e. The number of hydrogen-bond donors (Lipinski definition) is 1.